The van der Waals surface area contributed by atoms with Crippen molar-refractivity contribution >= 4 is 23.2 Å². The topological polar surface area (TPSA) is 71.5 Å². The van der Waals surface area contributed by atoms with Gasteiger partial charge < -0.3 is 14.5 Å². The molecule has 160 valence electrons. The van der Waals surface area contributed by atoms with E-state index in [4.69, 9.17) is 14.7 Å². The van der Waals surface area contributed by atoms with Gasteiger partial charge in [-0.3, -0.25) is 4.79 Å². The summed E-state index contributed by atoms with van der Waals surface area (Å²) < 4.78 is 6.30. The number of thiazole rings is 1. The molecule has 3 aliphatic rings. The third kappa shape index (κ3) is 3.95. The molecule has 2 fully saturated rings. The standard InChI is InChI=1S/C22H29N5O2S/c1-16-18-4-2-3-5-19(18)25-21(24-16)26-9-7-22(8-10-26)14-27(20(28)6-11-29-22)12-17-13-30-15-23-17/h13,15H,2-12,14H2,1H3. The smallest absolute Gasteiger partial charge is 0.225 e. The Bertz CT molecular complexity index is 909. The SMILES string of the molecule is Cc1nc(N2CCC3(CC2)CN(Cc2cscn2)C(=O)CCO3)nc2c1CCCC2. The van der Waals surface area contributed by atoms with Crippen LogP contribution in [-0.4, -0.2) is 57.6 Å². The number of carbonyl (C=O) groups excluding carboxylic acids is 1. The molecule has 2 aromatic heterocycles. The Kier molecular flexibility index (Phi) is 5.45. The Morgan fingerprint density at radius 3 is 2.80 bits per heavy atom. The number of ether oxygens (including phenoxy) is 1. The van der Waals surface area contributed by atoms with Crippen LogP contribution in [0.2, 0.25) is 0 Å². The van der Waals surface area contributed by atoms with E-state index in [1.807, 2.05) is 15.8 Å². The van der Waals surface area contributed by atoms with Crippen molar-refractivity contribution in [3.8, 4) is 0 Å². The number of carbonyl (C=O) groups is 1. The van der Waals surface area contributed by atoms with Crippen molar-refractivity contribution in [3.05, 3.63) is 33.5 Å². The van der Waals surface area contributed by atoms with Crippen LogP contribution in [0.15, 0.2) is 10.9 Å². The van der Waals surface area contributed by atoms with E-state index in [-0.39, 0.29) is 11.5 Å². The molecule has 1 aliphatic carbocycles. The van der Waals surface area contributed by atoms with Crippen LogP contribution >= 0.6 is 11.3 Å². The van der Waals surface area contributed by atoms with Crippen molar-refractivity contribution in [2.45, 2.75) is 64.0 Å². The number of amides is 1. The van der Waals surface area contributed by atoms with Crippen LogP contribution in [0.3, 0.4) is 0 Å². The summed E-state index contributed by atoms with van der Waals surface area (Å²) in [6, 6.07) is 0. The van der Waals surface area contributed by atoms with E-state index in [0.717, 1.165) is 56.1 Å². The van der Waals surface area contributed by atoms with Gasteiger partial charge in [0.1, 0.15) is 0 Å². The van der Waals surface area contributed by atoms with E-state index in [9.17, 15) is 4.79 Å². The fourth-order valence-corrected chi connectivity index (χ4v) is 5.52. The quantitative estimate of drug-likeness (QED) is 0.750. The molecule has 7 nitrogen and oxygen atoms in total. The van der Waals surface area contributed by atoms with Crippen LogP contribution in [0.25, 0.3) is 0 Å². The number of hydrogen-bond acceptors (Lipinski definition) is 7. The molecule has 4 heterocycles. The van der Waals surface area contributed by atoms with Crippen molar-refractivity contribution in [2.75, 3.05) is 31.1 Å². The van der Waals surface area contributed by atoms with Gasteiger partial charge >= 0.3 is 0 Å². The molecule has 2 aromatic rings. The zero-order valence-electron chi connectivity index (χ0n) is 17.6. The van der Waals surface area contributed by atoms with Gasteiger partial charge in [-0.1, -0.05) is 0 Å². The predicted molar refractivity (Wildman–Crippen MR) is 116 cm³/mol. The average molecular weight is 428 g/mol. The second-order valence-corrected chi connectivity index (χ2v) is 9.46. The Morgan fingerprint density at radius 2 is 2.00 bits per heavy atom. The molecule has 1 amide bonds. The second kappa shape index (κ2) is 8.23. The first kappa shape index (κ1) is 19.9. The molecule has 8 heteroatoms. The van der Waals surface area contributed by atoms with Crippen molar-refractivity contribution in [1.29, 1.82) is 0 Å². The maximum absolute atomic E-state index is 12.6. The highest BCUT2D eigenvalue weighted by molar-refractivity contribution is 7.07. The molecule has 0 saturated carbocycles. The fraction of sp³-hybridized carbons (Fsp3) is 0.636. The van der Waals surface area contributed by atoms with Gasteiger partial charge in [0.25, 0.3) is 0 Å². The number of anilines is 1. The Morgan fingerprint density at radius 1 is 1.17 bits per heavy atom. The molecule has 5 rings (SSSR count). The Balaban J connectivity index is 1.29. The normalized spacial score (nSPS) is 21.6. The number of aromatic nitrogens is 3. The van der Waals surface area contributed by atoms with Gasteiger partial charge in [0.15, 0.2) is 0 Å². The van der Waals surface area contributed by atoms with Crippen LogP contribution in [0.5, 0.6) is 0 Å². The molecule has 1 spiro atoms. The summed E-state index contributed by atoms with van der Waals surface area (Å²) in [5.74, 6) is 1.03. The zero-order chi connectivity index (χ0) is 20.6. The highest BCUT2D eigenvalue weighted by atomic mass is 32.1. The summed E-state index contributed by atoms with van der Waals surface area (Å²) in [6.07, 6.45) is 6.86. The average Bonchev–Trinajstić information content (AvgIpc) is 3.22. The van der Waals surface area contributed by atoms with Crippen molar-refractivity contribution in [1.82, 2.24) is 19.9 Å². The van der Waals surface area contributed by atoms with Crippen LogP contribution in [0, 0.1) is 6.92 Å². The summed E-state index contributed by atoms with van der Waals surface area (Å²) in [6.45, 7) is 5.55. The Hall–Kier alpha value is -2.06. The minimum Gasteiger partial charge on any atom is -0.372 e. The largest absolute Gasteiger partial charge is 0.372 e. The molecule has 0 unspecified atom stereocenters. The highest BCUT2D eigenvalue weighted by Gasteiger charge is 2.41. The van der Waals surface area contributed by atoms with E-state index in [1.54, 1.807) is 11.3 Å². The monoisotopic (exact) mass is 427 g/mol. The van der Waals surface area contributed by atoms with Crippen LogP contribution < -0.4 is 4.90 Å². The van der Waals surface area contributed by atoms with E-state index >= 15 is 0 Å². The molecular weight excluding hydrogens is 398 g/mol. The van der Waals surface area contributed by atoms with Crippen LogP contribution in [0.1, 0.15) is 54.7 Å². The molecule has 30 heavy (non-hydrogen) atoms. The first-order valence-corrected chi connectivity index (χ1v) is 12.0. The molecular formula is C22H29N5O2S. The summed E-state index contributed by atoms with van der Waals surface area (Å²) in [5, 5.41) is 2.02. The molecule has 0 radical (unpaired) electrons. The lowest BCUT2D eigenvalue weighted by Crippen LogP contribution is -2.52. The zero-order valence-corrected chi connectivity index (χ0v) is 18.4. The number of nitrogens with zero attached hydrogens (tertiary/aromatic N) is 5. The van der Waals surface area contributed by atoms with Gasteiger partial charge in [-0.05, 0) is 51.0 Å². The van der Waals surface area contributed by atoms with Crippen molar-refractivity contribution < 1.29 is 9.53 Å². The first-order valence-electron chi connectivity index (χ1n) is 11.0. The maximum Gasteiger partial charge on any atom is 0.225 e. The summed E-state index contributed by atoms with van der Waals surface area (Å²) in [4.78, 5) is 31.0. The maximum atomic E-state index is 12.6. The second-order valence-electron chi connectivity index (χ2n) is 8.74. The van der Waals surface area contributed by atoms with E-state index < -0.39 is 0 Å². The van der Waals surface area contributed by atoms with Crippen molar-refractivity contribution in [3.63, 3.8) is 0 Å². The van der Waals surface area contributed by atoms with Crippen LogP contribution in [0.4, 0.5) is 5.95 Å². The van der Waals surface area contributed by atoms with Gasteiger partial charge in [0.05, 0.1) is 42.9 Å². The number of aryl methyl sites for hydroxylation is 2. The van der Waals surface area contributed by atoms with E-state index in [0.29, 0.717) is 26.1 Å². The van der Waals surface area contributed by atoms with Gasteiger partial charge in [0.2, 0.25) is 11.9 Å². The predicted octanol–water partition coefficient (Wildman–Crippen LogP) is 2.91. The number of piperidine rings is 1. The number of fused-ring (bicyclic) bond motifs is 1. The number of rotatable bonds is 3. The number of hydrogen-bond donors (Lipinski definition) is 0. The van der Waals surface area contributed by atoms with Gasteiger partial charge in [-0.25, -0.2) is 15.0 Å². The van der Waals surface area contributed by atoms with E-state index in [2.05, 4.69) is 16.8 Å². The lowest BCUT2D eigenvalue weighted by molar-refractivity contribution is -0.132. The highest BCUT2D eigenvalue weighted by Crippen LogP contribution is 2.33. The lowest BCUT2D eigenvalue weighted by Gasteiger charge is -2.42. The first-order chi connectivity index (χ1) is 14.6. The molecule has 2 saturated heterocycles. The van der Waals surface area contributed by atoms with Gasteiger partial charge in [0, 0.05) is 29.9 Å². The summed E-state index contributed by atoms with van der Waals surface area (Å²) >= 11 is 1.57. The molecule has 0 atom stereocenters. The third-order valence-corrected chi connectivity index (χ3v) is 7.36. The van der Waals surface area contributed by atoms with Gasteiger partial charge in [-0.2, -0.15) is 0 Å². The molecule has 0 aromatic carbocycles. The minimum atomic E-state index is -0.276. The fourth-order valence-electron chi connectivity index (χ4n) is 4.97. The Labute approximate surface area is 181 Å². The molecule has 0 bridgehead atoms. The summed E-state index contributed by atoms with van der Waals surface area (Å²) in [7, 11) is 0. The third-order valence-electron chi connectivity index (χ3n) is 6.73. The van der Waals surface area contributed by atoms with Gasteiger partial charge in [-0.15, -0.1) is 11.3 Å². The molecule has 2 aliphatic heterocycles. The van der Waals surface area contributed by atoms with Crippen molar-refractivity contribution in [2.24, 2.45) is 0 Å². The minimum absolute atomic E-state index is 0.163. The molecule has 0 N–H and O–H groups in total. The lowest BCUT2D eigenvalue weighted by atomic mass is 9.90. The van der Waals surface area contributed by atoms with Crippen LogP contribution in [-0.2, 0) is 28.9 Å². The summed E-state index contributed by atoms with van der Waals surface area (Å²) in [5.41, 5.74) is 6.25. The van der Waals surface area contributed by atoms with E-state index in [1.165, 1.54) is 24.1 Å².